The van der Waals surface area contributed by atoms with Crippen molar-refractivity contribution in [2.24, 2.45) is 28.6 Å². The van der Waals surface area contributed by atoms with Crippen LogP contribution in [0.5, 0.6) is 11.5 Å². The summed E-state index contributed by atoms with van der Waals surface area (Å²) in [6.45, 7) is 13.5. The van der Waals surface area contributed by atoms with Gasteiger partial charge in [-0.2, -0.15) is 13.2 Å². The number of H-pyrrole nitrogens is 1. The van der Waals surface area contributed by atoms with E-state index in [0.29, 0.717) is 77.3 Å². The first kappa shape index (κ1) is 74.0. The SMILES string of the molecule is COc1cc(C(=O)O)ccc1NC(=O)[C@@H]1N[C@@H](CC(C)(C)C)[C@@]2(CN(C[C@H]3CC[C@H](C(=O)O)C(COc4cc(C(=O)O)ccc4NC(=O)[C@@H]4N[C@@H](CC(C)(C)C)[C@@]5(CN(Cc6ccc(-c7nnn[nH]7)cc6)c6ccc(Cl)cc65)[C@H]4c4ccccc4C(F)(F)F)C3)c3ccc(Cl)cc32)[C@H]1c1ccccc1Cl. The zero-order valence-corrected chi connectivity index (χ0v) is 61.1. The smallest absolute Gasteiger partial charge is 0.416 e. The van der Waals surface area contributed by atoms with Gasteiger partial charge in [-0.3, -0.25) is 14.4 Å². The number of hydrogen-bond acceptors (Lipinski definition) is 14. The molecule has 105 heavy (non-hydrogen) atoms. The number of anilines is 4. The maximum absolute atomic E-state index is 15.9. The number of amides is 2. The number of nitrogens with zero attached hydrogens (tertiary/aromatic N) is 5. The average Bonchev–Trinajstić information content (AvgIpc) is 1.54. The lowest BCUT2D eigenvalue weighted by Gasteiger charge is -2.41. The predicted octanol–water partition coefficient (Wildman–Crippen LogP) is 15.2. The number of carbonyl (C=O) groups excluding carboxylic acids is 2. The minimum absolute atomic E-state index is 0.00571. The van der Waals surface area contributed by atoms with Gasteiger partial charge in [-0.05, 0) is 172 Å². The van der Waals surface area contributed by atoms with Crippen molar-refractivity contribution in [1.29, 1.82) is 0 Å². The fourth-order valence-electron chi connectivity index (χ4n) is 17.5. The molecule has 5 aliphatic rings. The summed E-state index contributed by atoms with van der Waals surface area (Å²) in [5.41, 5.74) is 1.52. The monoisotopic (exact) mass is 1490 g/mol. The lowest BCUT2D eigenvalue weighted by Crippen LogP contribution is -2.49. The Balaban J connectivity index is 0.817. The molecule has 3 fully saturated rings. The van der Waals surface area contributed by atoms with Crippen LogP contribution in [0.4, 0.5) is 35.9 Å². The number of carboxylic acid groups (broad SMARTS) is 3. The third kappa shape index (κ3) is 14.7. The van der Waals surface area contributed by atoms with Crippen LogP contribution in [0.3, 0.4) is 0 Å². The maximum atomic E-state index is 15.9. The predicted molar refractivity (Wildman–Crippen MR) is 395 cm³/mol. The molecule has 11 atom stereocenters. The molecule has 0 bridgehead atoms. The van der Waals surface area contributed by atoms with Crippen molar-refractivity contribution in [1.82, 2.24) is 31.3 Å². The molecule has 4 aliphatic heterocycles. The van der Waals surface area contributed by atoms with E-state index in [1.807, 2.05) is 87.5 Å². The lowest BCUT2D eigenvalue weighted by molar-refractivity contribution is -0.146. The van der Waals surface area contributed by atoms with Crippen molar-refractivity contribution in [3.05, 3.63) is 205 Å². The van der Waals surface area contributed by atoms with E-state index in [9.17, 15) is 29.7 Å². The summed E-state index contributed by atoms with van der Waals surface area (Å²) in [6.07, 6.45) is -2.83. The molecular weight excluding hydrogens is 1410 g/mol. The molecule has 2 saturated heterocycles. The summed E-state index contributed by atoms with van der Waals surface area (Å²) in [5, 5.41) is 60.2. The highest BCUT2D eigenvalue weighted by Crippen LogP contribution is 2.62. The Morgan fingerprint density at radius 3 is 1.70 bits per heavy atom. The minimum atomic E-state index is -4.86. The highest BCUT2D eigenvalue weighted by atomic mass is 35.5. The number of aromatic carboxylic acids is 2. The zero-order valence-electron chi connectivity index (χ0n) is 58.8. The molecule has 1 saturated carbocycles. The van der Waals surface area contributed by atoms with Crippen LogP contribution in [0, 0.1) is 28.6 Å². The topological polar surface area (TPSA) is 274 Å². The Labute approximate surface area is 620 Å². The van der Waals surface area contributed by atoms with E-state index in [4.69, 9.17) is 44.3 Å². The number of aliphatic carboxylic acids is 1. The highest BCUT2D eigenvalue weighted by molar-refractivity contribution is 6.32. The number of aromatic amines is 1. The second-order valence-electron chi connectivity index (χ2n) is 31.0. The van der Waals surface area contributed by atoms with Gasteiger partial charge in [0.1, 0.15) is 11.5 Å². The van der Waals surface area contributed by atoms with Crippen LogP contribution in [0.1, 0.15) is 140 Å². The van der Waals surface area contributed by atoms with Crippen LogP contribution in [-0.2, 0) is 37.9 Å². The van der Waals surface area contributed by atoms with Crippen molar-refractivity contribution >= 4 is 87.3 Å². The molecule has 20 nitrogen and oxygen atoms in total. The number of fused-ring (bicyclic) bond motifs is 4. The fraction of sp³-hybridized carbons (Fsp3) is 0.392. The molecule has 1 aliphatic carbocycles. The number of methoxy groups -OCH3 is 1. The summed E-state index contributed by atoms with van der Waals surface area (Å²) in [6, 6.07) is 36.3. The van der Waals surface area contributed by atoms with E-state index in [2.05, 4.69) is 72.5 Å². The quantitative estimate of drug-likeness (QED) is 0.0352. The van der Waals surface area contributed by atoms with Gasteiger partial charge in [0.05, 0.1) is 59.8 Å². The fourth-order valence-corrected chi connectivity index (χ4v) is 18.1. The Morgan fingerprint density at radius 1 is 0.638 bits per heavy atom. The molecule has 2 amide bonds. The molecule has 5 heterocycles. The third-order valence-corrected chi connectivity index (χ3v) is 22.6. The number of carboxylic acids is 3. The van der Waals surface area contributed by atoms with Crippen molar-refractivity contribution in [2.75, 3.05) is 53.8 Å². The van der Waals surface area contributed by atoms with Gasteiger partial charge >= 0.3 is 24.1 Å². The molecular formula is C79H82Cl3F3N10O10. The van der Waals surface area contributed by atoms with Gasteiger partial charge in [0.15, 0.2) is 5.82 Å². The van der Waals surface area contributed by atoms with Crippen LogP contribution in [0.25, 0.3) is 11.4 Å². The van der Waals surface area contributed by atoms with Gasteiger partial charge < -0.3 is 55.9 Å². The van der Waals surface area contributed by atoms with Gasteiger partial charge in [0.2, 0.25) is 11.8 Å². The minimum Gasteiger partial charge on any atom is -0.495 e. The summed E-state index contributed by atoms with van der Waals surface area (Å²) in [7, 11) is 1.39. The van der Waals surface area contributed by atoms with Crippen molar-refractivity contribution in [2.45, 2.75) is 133 Å². The normalized spacial score (nSPS) is 24.2. The molecule has 7 aromatic carbocycles. The molecule has 13 rings (SSSR count). The van der Waals surface area contributed by atoms with Crippen LogP contribution in [-0.4, -0.2) is 123 Å². The van der Waals surface area contributed by atoms with E-state index < -0.39 is 99.5 Å². The summed E-state index contributed by atoms with van der Waals surface area (Å²) in [5.74, 6) is -7.78. The van der Waals surface area contributed by atoms with E-state index in [-0.39, 0.29) is 76.5 Å². The lowest BCUT2D eigenvalue weighted by atomic mass is 9.62. The average molecular weight is 1490 g/mol. The number of hydrogen-bond donors (Lipinski definition) is 8. The number of rotatable bonds is 20. The number of ether oxygens (including phenoxy) is 2. The van der Waals surface area contributed by atoms with Gasteiger partial charge in [-0.25, -0.2) is 14.7 Å². The molecule has 2 spiro atoms. The number of alkyl halides is 3. The van der Waals surface area contributed by atoms with Gasteiger partial charge in [-0.1, -0.05) is 137 Å². The Kier molecular flexibility index (Phi) is 20.4. The van der Waals surface area contributed by atoms with E-state index in [1.54, 1.807) is 18.2 Å². The van der Waals surface area contributed by atoms with E-state index in [0.717, 1.165) is 34.1 Å². The summed E-state index contributed by atoms with van der Waals surface area (Å²) >= 11 is 21.3. The summed E-state index contributed by atoms with van der Waals surface area (Å²) in [4.78, 5) is 73.9. The number of tetrazole rings is 1. The Hall–Kier alpha value is -9.26. The number of nitrogens with one attached hydrogen (secondary N) is 5. The zero-order chi connectivity index (χ0) is 74.8. The first-order valence-corrected chi connectivity index (χ1v) is 36.1. The van der Waals surface area contributed by atoms with Crippen molar-refractivity contribution in [3.8, 4) is 22.9 Å². The van der Waals surface area contributed by atoms with E-state index in [1.165, 1.54) is 61.7 Å². The first-order valence-electron chi connectivity index (χ1n) is 35.0. The van der Waals surface area contributed by atoms with Crippen LogP contribution < -0.4 is 40.5 Å². The Morgan fingerprint density at radius 2 is 1.17 bits per heavy atom. The molecule has 550 valence electrons. The van der Waals surface area contributed by atoms with Crippen molar-refractivity contribution in [3.63, 3.8) is 0 Å². The maximum Gasteiger partial charge on any atom is 0.416 e. The largest absolute Gasteiger partial charge is 0.495 e. The number of benzene rings is 7. The highest BCUT2D eigenvalue weighted by Gasteiger charge is 2.65. The third-order valence-electron chi connectivity index (χ3n) is 21.8. The van der Waals surface area contributed by atoms with Crippen LogP contribution >= 0.6 is 34.8 Å². The van der Waals surface area contributed by atoms with Crippen LogP contribution in [0.2, 0.25) is 15.1 Å². The van der Waals surface area contributed by atoms with Gasteiger partial charge in [0, 0.05) is 98.9 Å². The molecule has 8 aromatic rings. The van der Waals surface area contributed by atoms with Crippen molar-refractivity contribution < 1.29 is 61.9 Å². The van der Waals surface area contributed by atoms with Gasteiger partial charge in [0.25, 0.3) is 0 Å². The molecule has 0 radical (unpaired) electrons. The Bertz CT molecular complexity index is 4650. The standard InChI is InChI=1S/C79H82Cl3F3N10O10/c1-75(2,3)35-63-77(40-94(59-28-23-48(80)33-54(59)77)37-42-16-19-44(20-17-42)69-90-92-93-91-69)65(51-12-8-10-14-53(51)79(83,84)85)67(88-63)70(96)87-58-27-22-46(73(100)101)32-62(58)105-39-47-30-43(18-25-50(47)74(102)103)38-95-41-78(55-34-49(81)24-29-60(55)95)64(36-76(4,5)6)89-68(66(78)52-13-9-11-15-56(52)82)71(97)86-57-26-21-45(72(98)99)31-61(57)104-7/h8-17,19-24,26-29,31-34,43,47,50,63-68,88-89H,18,25,30,35-41H2,1-7H3,(H,86,97)(H,87,96)(H,98,99)(H,100,101)(H,102,103)(H,90,91,92,93)/t43-,47?,50-,63-,64-,65-,66-,67+,68+,77-,78-/m0/s1. The molecule has 1 aromatic heterocycles. The second kappa shape index (κ2) is 28.9. The first-order chi connectivity index (χ1) is 49.8. The van der Waals surface area contributed by atoms with E-state index >= 15 is 22.8 Å². The number of aromatic nitrogens is 4. The number of halogens is 6. The molecule has 8 N–H and O–H groups in total. The number of carbonyl (C=O) groups is 5. The molecule has 26 heteroatoms. The summed E-state index contributed by atoms with van der Waals surface area (Å²) < 4.78 is 59.6. The molecule has 1 unspecified atom stereocenters. The van der Waals surface area contributed by atoms with Crippen LogP contribution in [0.15, 0.2) is 146 Å². The second-order valence-corrected chi connectivity index (χ2v) is 32.3. The van der Waals surface area contributed by atoms with Gasteiger partial charge in [-0.15, -0.1) is 5.10 Å².